The number of aryl methyl sites for hydroxylation is 1. The summed E-state index contributed by atoms with van der Waals surface area (Å²) in [6.45, 7) is 2.89. The Balaban J connectivity index is 1.50. The summed E-state index contributed by atoms with van der Waals surface area (Å²) in [6.07, 6.45) is 8.77. The first-order valence-corrected chi connectivity index (χ1v) is 19.4. The van der Waals surface area contributed by atoms with Crippen LogP contribution in [0.1, 0.15) is 102 Å². The standard InChI is InChI=1S/C39H52N6O6S/c1-3-29(47)18-9-13-24-35(49)44-27-28-17-8-10-19-30(28)36-37(31-20-11-12-22-33(31)44)45(43-42-36)25-15-14-21-32(41-39(51)52-38(50)40-2)34(48)23-7-5-4-6-16-26-46/h8,10-12,17,19-20,22,32,46H,3-7,9,13-16,18,21,23-27H2,1-2H3,(H,40,50)(H,41,51). The number of benzene rings is 2. The van der Waals surface area contributed by atoms with Crippen LogP contribution in [0.3, 0.4) is 0 Å². The molecule has 2 aromatic carbocycles. The summed E-state index contributed by atoms with van der Waals surface area (Å²) >= 11 is 0.497. The van der Waals surface area contributed by atoms with Gasteiger partial charge in [-0.05, 0) is 56.6 Å². The number of aromatic nitrogens is 3. The lowest BCUT2D eigenvalue weighted by Crippen LogP contribution is -2.39. The fourth-order valence-corrected chi connectivity index (χ4v) is 6.92. The fraction of sp³-hybridized carbons (Fsp3) is 0.513. The minimum absolute atomic E-state index is 0.00817. The number of aliphatic hydroxyl groups excluding tert-OH is 1. The lowest BCUT2D eigenvalue weighted by atomic mass is 9.95. The molecule has 52 heavy (non-hydrogen) atoms. The number of unbranched alkanes of at least 4 members (excludes halogenated alkanes) is 6. The molecule has 1 aliphatic heterocycles. The van der Waals surface area contributed by atoms with Crippen molar-refractivity contribution >= 4 is 45.4 Å². The smallest absolute Gasteiger partial charge is 0.289 e. The Morgan fingerprint density at radius 2 is 1.52 bits per heavy atom. The first-order chi connectivity index (χ1) is 25.3. The number of hydrogen-bond donors (Lipinski definition) is 3. The maximum absolute atomic E-state index is 13.8. The van der Waals surface area contributed by atoms with Crippen LogP contribution >= 0.6 is 11.8 Å². The van der Waals surface area contributed by atoms with Crippen LogP contribution in [0.15, 0.2) is 48.5 Å². The highest BCUT2D eigenvalue weighted by molar-refractivity contribution is 8.26. The maximum atomic E-state index is 13.8. The van der Waals surface area contributed by atoms with Crippen LogP contribution in [-0.2, 0) is 27.5 Å². The predicted molar refractivity (Wildman–Crippen MR) is 204 cm³/mol. The maximum Gasteiger partial charge on any atom is 0.289 e. The number of hydrogen-bond acceptors (Lipinski definition) is 9. The topological polar surface area (TPSA) is 164 Å². The van der Waals surface area contributed by atoms with E-state index in [0.717, 1.165) is 59.4 Å². The zero-order chi connectivity index (χ0) is 37.3. The third-order valence-corrected chi connectivity index (χ3v) is 10.0. The molecule has 0 radical (unpaired) electrons. The minimum Gasteiger partial charge on any atom is -0.396 e. The van der Waals surface area contributed by atoms with Crippen molar-refractivity contribution in [2.75, 3.05) is 18.6 Å². The Bertz CT molecular complexity index is 1680. The molecular weight excluding hydrogens is 681 g/mol. The third kappa shape index (κ3) is 11.6. The van der Waals surface area contributed by atoms with E-state index in [9.17, 15) is 24.0 Å². The molecule has 0 fully saturated rings. The molecule has 1 atom stereocenters. The van der Waals surface area contributed by atoms with Crippen molar-refractivity contribution < 1.29 is 29.1 Å². The highest BCUT2D eigenvalue weighted by atomic mass is 32.2. The Hall–Kier alpha value is -4.36. The van der Waals surface area contributed by atoms with Crippen molar-refractivity contribution in [3.05, 3.63) is 54.1 Å². The molecule has 0 aliphatic carbocycles. The number of nitrogens with one attached hydrogen (secondary N) is 2. The number of para-hydroxylation sites is 1. The van der Waals surface area contributed by atoms with Gasteiger partial charge in [-0.25, -0.2) is 4.68 Å². The lowest BCUT2D eigenvalue weighted by molar-refractivity contribution is -0.121. The summed E-state index contributed by atoms with van der Waals surface area (Å²) in [5.74, 6) is 0.136. The van der Waals surface area contributed by atoms with Crippen molar-refractivity contribution in [1.29, 1.82) is 0 Å². The van der Waals surface area contributed by atoms with Crippen molar-refractivity contribution in [1.82, 2.24) is 25.6 Å². The average molecular weight is 733 g/mol. The first kappa shape index (κ1) is 40.4. The van der Waals surface area contributed by atoms with Gasteiger partial charge >= 0.3 is 0 Å². The Kier molecular flexibility index (Phi) is 16.5. The van der Waals surface area contributed by atoms with Gasteiger partial charge in [0.2, 0.25) is 5.91 Å². The van der Waals surface area contributed by atoms with E-state index in [2.05, 4.69) is 20.9 Å². The van der Waals surface area contributed by atoms with E-state index < -0.39 is 16.5 Å². The van der Waals surface area contributed by atoms with E-state index >= 15 is 0 Å². The van der Waals surface area contributed by atoms with Gasteiger partial charge < -0.3 is 20.6 Å². The summed E-state index contributed by atoms with van der Waals surface area (Å²) in [5.41, 5.74) is 5.02. The van der Waals surface area contributed by atoms with Crippen LogP contribution in [0.5, 0.6) is 0 Å². The number of nitrogens with zero attached hydrogens (tertiary/aromatic N) is 4. The molecule has 13 heteroatoms. The van der Waals surface area contributed by atoms with Gasteiger partial charge in [-0.2, -0.15) is 0 Å². The highest BCUT2D eigenvalue weighted by Crippen LogP contribution is 2.41. The largest absolute Gasteiger partial charge is 0.396 e. The summed E-state index contributed by atoms with van der Waals surface area (Å²) in [5, 5.41) is 22.3. The van der Waals surface area contributed by atoms with E-state index in [1.54, 1.807) is 0 Å². The zero-order valence-corrected chi connectivity index (χ0v) is 31.2. The van der Waals surface area contributed by atoms with Crippen LogP contribution in [0, 0.1) is 0 Å². The summed E-state index contributed by atoms with van der Waals surface area (Å²) in [7, 11) is 1.45. The molecule has 3 aromatic rings. The van der Waals surface area contributed by atoms with Gasteiger partial charge in [0.05, 0.1) is 24.0 Å². The van der Waals surface area contributed by atoms with E-state index in [-0.39, 0.29) is 24.1 Å². The molecule has 0 saturated carbocycles. The quantitative estimate of drug-likeness (QED) is 0.102. The molecule has 3 N–H and O–H groups in total. The van der Waals surface area contributed by atoms with Gasteiger partial charge in [0.15, 0.2) is 5.78 Å². The van der Waals surface area contributed by atoms with Gasteiger partial charge in [-0.15, -0.1) is 5.10 Å². The van der Waals surface area contributed by atoms with Crippen LogP contribution < -0.4 is 15.5 Å². The molecule has 1 unspecified atom stereocenters. The normalized spacial score (nSPS) is 12.5. The van der Waals surface area contributed by atoms with E-state index in [0.29, 0.717) is 89.1 Å². The van der Waals surface area contributed by atoms with Crippen molar-refractivity contribution in [3.8, 4) is 22.5 Å². The van der Waals surface area contributed by atoms with Crippen LogP contribution in [-0.4, -0.2) is 67.7 Å². The zero-order valence-electron chi connectivity index (χ0n) is 30.4. The van der Waals surface area contributed by atoms with Gasteiger partial charge in [0.1, 0.15) is 11.5 Å². The molecular formula is C39H52N6O6S. The Morgan fingerprint density at radius 3 is 2.29 bits per heavy atom. The molecule has 1 aliphatic rings. The fourth-order valence-electron chi connectivity index (χ4n) is 6.45. The molecule has 4 rings (SSSR count). The molecule has 0 saturated heterocycles. The van der Waals surface area contributed by atoms with Gasteiger partial charge in [0, 0.05) is 68.8 Å². The number of amides is 3. The molecule has 0 bridgehead atoms. The number of carbonyl (C=O) groups is 5. The number of rotatable bonds is 20. The lowest BCUT2D eigenvalue weighted by Gasteiger charge is -2.29. The Morgan fingerprint density at radius 1 is 0.827 bits per heavy atom. The van der Waals surface area contributed by atoms with E-state index in [1.807, 2.05) is 65.0 Å². The number of Topliss-reactive ketones (excluding diaryl/α,β-unsaturated/α-hetero) is 2. The highest BCUT2D eigenvalue weighted by Gasteiger charge is 2.29. The van der Waals surface area contributed by atoms with Crippen molar-refractivity contribution in [2.45, 2.75) is 116 Å². The van der Waals surface area contributed by atoms with Gasteiger partial charge in [-0.1, -0.05) is 73.9 Å². The van der Waals surface area contributed by atoms with Crippen LogP contribution in [0.4, 0.5) is 15.3 Å². The monoisotopic (exact) mass is 732 g/mol. The SMILES string of the molecule is CCC(=O)CCCCC(=O)N1Cc2ccccc2-c2nnn(CCCCC(NC(=O)SC(=O)NC)C(=O)CCCCCCCO)c2-c2ccccc21. The molecule has 12 nitrogen and oxygen atoms in total. The number of fused-ring (bicyclic) bond motifs is 5. The number of ketones is 2. The second-order valence-electron chi connectivity index (χ2n) is 13.1. The summed E-state index contributed by atoms with van der Waals surface area (Å²) < 4.78 is 1.86. The van der Waals surface area contributed by atoms with Crippen LogP contribution in [0.2, 0.25) is 0 Å². The third-order valence-electron chi connectivity index (χ3n) is 9.34. The summed E-state index contributed by atoms with van der Waals surface area (Å²) in [4.78, 5) is 65.0. The minimum atomic E-state index is -0.717. The molecule has 0 spiro atoms. The van der Waals surface area contributed by atoms with Crippen molar-refractivity contribution in [2.24, 2.45) is 0 Å². The predicted octanol–water partition coefficient (Wildman–Crippen LogP) is 7.22. The molecule has 1 aromatic heterocycles. The van der Waals surface area contributed by atoms with E-state index in [4.69, 9.17) is 5.11 Å². The molecule has 280 valence electrons. The van der Waals surface area contributed by atoms with Gasteiger partial charge in [-0.3, -0.25) is 24.0 Å². The van der Waals surface area contributed by atoms with Crippen LogP contribution in [0.25, 0.3) is 22.5 Å². The first-order valence-electron chi connectivity index (χ1n) is 18.5. The summed E-state index contributed by atoms with van der Waals surface area (Å²) in [6, 6.07) is 15.0. The number of carbonyl (C=O) groups excluding carboxylic acids is 5. The Labute approximate surface area is 310 Å². The number of anilines is 1. The average Bonchev–Trinajstić information content (AvgIpc) is 3.56. The molecule has 3 amide bonds. The van der Waals surface area contributed by atoms with E-state index in [1.165, 1.54) is 7.05 Å². The van der Waals surface area contributed by atoms with Gasteiger partial charge in [0.25, 0.3) is 10.5 Å². The number of thioether (sulfide) groups is 1. The second-order valence-corrected chi connectivity index (χ2v) is 14.0. The molecule has 2 heterocycles. The van der Waals surface area contributed by atoms with Crippen molar-refractivity contribution in [3.63, 3.8) is 0 Å². The second kappa shape index (κ2) is 21.2. The number of aliphatic hydroxyl groups is 1.